The van der Waals surface area contributed by atoms with Crippen LogP contribution in [-0.2, 0) is 22.8 Å². The maximum Gasteiger partial charge on any atom is 0.257 e. The molecule has 0 fully saturated rings. The topological polar surface area (TPSA) is 105 Å². The molecule has 0 saturated carbocycles. The number of nitrogens with zero attached hydrogens (tertiary/aromatic N) is 4. The molecule has 0 bridgehead atoms. The highest BCUT2D eigenvalue weighted by Gasteiger charge is 2.30. The van der Waals surface area contributed by atoms with Gasteiger partial charge in [0, 0.05) is 25.4 Å². The van der Waals surface area contributed by atoms with Gasteiger partial charge in [-0.15, -0.1) is 0 Å². The molecule has 8 nitrogen and oxygen atoms in total. The second kappa shape index (κ2) is 7.69. The van der Waals surface area contributed by atoms with E-state index in [4.69, 9.17) is 0 Å². The van der Waals surface area contributed by atoms with Crippen molar-refractivity contribution in [1.29, 1.82) is 0 Å². The number of sulfone groups is 1. The van der Waals surface area contributed by atoms with Crippen LogP contribution in [-0.4, -0.2) is 47.7 Å². The average molecular weight is 441 g/mol. The lowest BCUT2D eigenvalue weighted by molar-refractivity contribution is 0.0817. The molecule has 1 aliphatic heterocycles. The van der Waals surface area contributed by atoms with Crippen molar-refractivity contribution in [3.63, 3.8) is 0 Å². The largest absolute Gasteiger partial charge is 0.354 e. The molecule has 1 amide bonds. The van der Waals surface area contributed by atoms with Crippen molar-refractivity contribution in [2.75, 3.05) is 18.6 Å². The number of halogens is 1. The van der Waals surface area contributed by atoms with E-state index in [1.165, 1.54) is 11.0 Å². The molecule has 0 unspecified atom stereocenters. The number of hydrogen-bond donors (Lipinski definition) is 1. The summed E-state index contributed by atoms with van der Waals surface area (Å²) >= 11 is 0. The highest BCUT2D eigenvalue weighted by molar-refractivity contribution is 7.90. The minimum absolute atomic E-state index is 0.181. The van der Waals surface area contributed by atoms with Gasteiger partial charge in [0.05, 0.1) is 45.5 Å². The van der Waals surface area contributed by atoms with E-state index in [1.807, 2.05) is 19.1 Å². The molecule has 31 heavy (non-hydrogen) atoms. The maximum atomic E-state index is 13.7. The molecule has 1 aromatic carbocycles. The number of carbonyl (C=O) groups is 1. The lowest BCUT2D eigenvalue weighted by Gasteiger charge is -2.15. The molecule has 160 valence electrons. The van der Waals surface area contributed by atoms with E-state index in [2.05, 4.69) is 20.5 Å². The lowest BCUT2D eigenvalue weighted by Crippen LogP contribution is -2.18. The smallest absolute Gasteiger partial charge is 0.257 e. The standard InChI is InChI=1S/C21H20FN5O3S/c1-12-4-6-14(26-25-12)9-15-10-17(20-18(23-15)11-27(2)21(20)28)24-16-7-5-13(22)8-19(16)31(3,29)30/h4-8,10H,9,11H2,1-3H3,(H,23,24). The minimum atomic E-state index is -3.71. The summed E-state index contributed by atoms with van der Waals surface area (Å²) in [6, 6.07) is 8.84. The first-order chi connectivity index (χ1) is 14.6. The van der Waals surface area contributed by atoms with Gasteiger partial charge in [0.1, 0.15) is 5.82 Å². The normalized spacial score (nSPS) is 13.4. The van der Waals surface area contributed by atoms with Gasteiger partial charge < -0.3 is 10.2 Å². The Morgan fingerprint density at radius 2 is 1.87 bits per heavy atom. The minimum Gasteiger partial charge on any atom is -0.354 e. The Bertz CT molecular complexity index is 1290. The summed E-state index contributed by atoms with van der Waals surface area (Å²) in [5, 5.41) is 11.2. The number of anilines is 2. The molecule has 0 atom stereocenters. The number of pyridine rings is 1. The van der Waals surface area contributed by atoms with E-state index in [1.54, 1.807) is 13.1 Å². The van der Waals surface area contributed by atoms with Gasteiger partial charge >= 0.3 is 0 Å². The first-order valence-electron chi connectivity index (χ1n) is 9.46. The summed E-state index contributed by atoms with van der Waals surface area (Å²) in [6.45, 7) is 2.18. The molecule has 0 spiro atoms. The third-order valence-corrected chi connectivity index (χ3v) is 6.06. The van der Waals surface area contributed by atoms with Crippen LogP contribution in [0.5, 0.6) is 0 Å². The fourth-order valence-corrected chi connectivity index (χ4v) is 4.29. The third kappa shape index (κ3) is 4.24. The fraction of sp³-hybridized carbons (Fsp3) is 0.238. The quantitative estimate of drug-likeness (QED) is 0.649. The van der Waals surface area contributed by atoms with Crippen LogP contribution in [0.15, 0.2) is 41.3 Å². The number of benzene rings is 1. The van der Waals surface area contributed by atoms with Crippen LogP contribution in [0.1, 0.15) is 33.1 Å². The molecule has 0 saturated heterocycles. The van der Waals surface area contributed by atoms with E-state index in [9.17, 15) is 17.6 Å². The highest BCUT2D eigenvalue weighted by atomic mass is 32.2. The Labute approximate surface area is 179 Å². The summed E-state index contributed by atoms with van der Waals surface area (Å²) in [6.07, 6.45) is 1.39. The predicted molar refractivity (Wildman–Crippen MR) is 112 cm³/mol. The molecule has 2 aromatic heterocycles. The van der Waals surface area contributed by atoms with Gasteiger partial charge in [-0.05, 0) is 43.3 Å². The zero-order valence-electron chi connectivity index (χ0n) is 17.2. The third-order valence-electron chi connectivity index (χ3n) is 4.92. The van der Waals surface area contributed by atoms with Crippen molar-refractivity contribution in [1.82, 2.24) is 20.1 Å². The monoisotopic (exact) mass is 441 g/mol. The number of rotatable bonds is 5. The molecular weight excluding hydrogens is 421 g/mol. The van der Waals surface area contributed by atoms with Gasteiger partial charge in [0.15, 0.2) is 9.84 Å². The van der Waals surface area contributed by atoms with E-state index >= 15 is 0 Å². The molecule has 3 aromatic rings. The molecular formula is C21H20FN5O3S. The van der Waals surface area contributed by atoms with Gasteiger partial charge in [-0.3, -0.25) is 9.78 Å². The molecule has 1 N–H and O–H groups in total. The van der Waals surface area contributed by atoms with Crippen LogP contribution in [0.25, 0.3) is 0 Å². The zero-order chi connectivity index (χ0) is 22.3. The van der Waals surface area contributed by atoms with Crippen molar-refractivity contribution in [3.05, 3.63) is 70.6 Å². The second-order valence-corrected chi connectivity index (χ2v) is 9.51. The molecule has 0 radical (unpaired) electrons. The molecule has 1 aliphatic rings. The van der Waals surface area contributed by atoms with Crippen LogP contribution in [0.3, 0.4) is 0 Å². The number of hydrogen-bond acceptors (Lipinski definition) is 7. The van der Waals surface area contributed by atoms with Gasteiger partial charge in [-0.2, -0.15) is 10.2 Å². The second-order valence-electron chi connectivity index (χ2n) is 7.52. The van der Waals surface area contributed by atoms with E-state index in [-0.39, 0.29) is 16.5 Å². The Hall–Kier alpha value is -3.40. The number of aromatic nitrogens is 3. The zero-order valence-corrected chi connectivity index (χ0v) is 18.0. The molecule has 4 rings (SSSR count). The first-order valence-corrected chi connectivity index (χ1v) is 11.3. The Morgan fingerprint density at radius 1 is 1.10 bits per heavy atom. The van der Waals surface area contributed by atoms with Crippen molar-refractivity contribution in [2.45, 2.75) is 24.8 Å². The SMILES string of the molecule is Cc1ccc(Cc2cc(Nc3ccc(F)cc3S(C)(=O)=O)c3c(n2)CN(C)C3=O)nn1. The van der Waals surface area contributed by atoms with Crippen LogP contribution >= 0.6 is 0 Å². The molecule has 3 heterocycles. The van der Waals surface area contributed by atoms with Crippen molar-refractivity contribution >= 4 is 27.1 Å². The van der Waals surface area contributed by atoms with E-state index in [0.29, 0.717) is 41.3 Å². The summed E-state index contributed by atoms with van der Waals surface area (Å²) in [5.74, 6) is -0.893. The fourth-order valence-electron chi connectivity index (χ4n) is 3.44. The average Bonchev–Trinajstić information content (AvgIpc) is 2.98. The number of amides is 1. The van der Waals surface area contributed by atoms with Gasteiger partial charge in [0.25, 0.3) is 5.91 Å². The highest BCUT2D eigenvalue weighted by Crippen LogP contribution is 2.33. The Morgan fingerprint density at radius 3 is 2.55 bits per heavy atom. The van der Waals surface area contributed by atoms with Gasteiger partial charge in [-0.1, -0.05) is 0 Å². The van der Waals surface area contributed by atoms with Crippen molar-refractivity contribution < 1.29 is 17.6 Å². The summed E-state index contributed by atoms with van der Waals surface area (Å²) in [7, 11) is -2.04. The summed E-state index contributed by atoms with van der Waals surface area (Å²) in [4.78, 5) is 18.6. The van der Waals surface area contributed by atoms with Crippen molar-refractivity contribution in [3.8, 4) is 0 Å². The molecule has 10 heteroatoms. The molecule has 0 aliphatic carbocycles. The number of aryl methyl sites for hydroxylation is 1. The van der Waals surface area contributed by atoms with Gasteiger partial charge in [0.2, 0.25) is 0 Å². The summed E-state index contributed by atoms with van der Waals surface area (Å²) in [5.41, 5.74) is 3.68. The Balaban J connectivity index is 1.79. The maximum absolute atomic E-state index is 13.7. The van der Waals surface area contributed by atoms with Crippen LogP contribution < -0.4 is 5.32 Å². The van der Waals surface area contributed by atoms with Gasteiger partial charge in [-0.25, -0.2) is 12.8 Å². The number of carbonyl (C=O) groups excluding carboxylic acids is 1. The number of fused-ring (bicyclic) bond motifs is 1. The lowest BCUT2D eigenvalue weighted by atomic mass is 10.1. The van der Waals surface area contributed by atoms with Crippen LogP contribution in [0.2, 0.25) is 0 Å². The Kier molecular flexibility index (Phi) is 5.18. The number of nitrogens with one attached hydrogen (secondary N) is 1. The first kappa shape index (κ1) is 20.9. The van der Waals surface area contributed by atoms with Crippen LogP contribution in [0.4, 0.5) is 15.8 Å². The van der Waals surface area contributed by atoms with Crippen LogP contribution in [0, 0.1) is 12.7 Å². The van der Waals surface area contributed by atoms with E-state index in [0.717, 1.165) is 24.1 Å². The predicted octanol–water partition coefficient (Wildman–Crippen LogP) is 2.64. The summed E-state index contributed by atoms with van der Waals surface area (Å²) < 4.78 is 38.1. The van der Waals surface area contributed by atoms with Crippen molar-refractivity contribution in [2.24, 2.45) is 0 Å². The van der Waals surface area contributed by atoms with E-state index < -0.39 is 15.7 Å².